The Morgan fingerprint density at radius 2 is 1.95 bits per heavy atom. The van der Waals surface area contributed by atoms with Crippen LogP contribution in [-0.4, -0.2) is 19.5 Å². The Bertz CT molecular complexity index is 628. The van der Waals surface area contributed by atoms with Crippen LogP contribution in [0.15, 0.2) is 48.5 Å². The van der Waals surface area contributed by atoms with E-state index >= 15 is 0 Å². The van der Waals surface area contributed by atoms with E-state index in [0.717, 1.165) is 33.3 Å². The largest absolute Gasteiger partial charge is 0.326 e. The number of nitrogens with one attached hydrogen (secondary N) is 2. The van der Waals surface area contributed by atoms with Crippen LogP contribution in [0.25, 0.3) is 0 Å². The maximum absolute atomic E-state index is 12.0. The van der Waals surface area contributed by atoms with Crippen molar-refractivity contribution >= 4 is 23.2 Å². The third-order valence-electron chi connectivity index (χ3n) is 3.21. The van der Waals surface area contributed by atoms with Crippen LogP contribution in [0.1, 0.15) is 11.1 Å². The normalized spacial score (nSPS) is 12.0. The van der Waals surface area contributed by atoms with Crippen molar-refractivity contribution in [1.29, 1.82) is 0 Å². The molecular formula is C17H20ClN2O+. The minimum absolute atomic E-state index is 0.00477. The minimum atomic E-state index is 0.00477. The van der Waals surface area contributed by atoms with Gasteiger partial charge in [-0.1, -0.05) is 41.9 Å². The summed E-state index contributed by atoms with van der Waals surface area (Å²) in [6.45, 7) is 3.13. The molecule has 0 fully saturated rings. The topological polar surface area (TPSA) is 33.5 Å². The Morgan fingerprint density at radius 3 is 2.67 bits per heavy atom. The van der Waals surface area contributed by atoms with Crippen LogP contribution in [0, 0.1) is 6.92 Å². The van der Waals surface area contributed by atoms with Crippen LogP contribution in [-0.2, 0) is 11.3 Å². The van der Waals surface area contributed by atoms with E-state index in [0.29, 0.717) is 6.54 Å². The van der Waals surface area contributed by atoms with Gasteiger partial charge in [-0.05, 0) is 30.7 Å². The molecule has 3 nitrogen and oxygen atoms in total. The number of aryl methyl sites for hydroxylation is 1. The Balaban J connectivity index is 1.89. The number of carbonyl (C=O) groups excluding carboxylic acids is 1. The number of benzene rings is 2. The Labute approximate surface area is 130 Å². The summed E-state index contributed by atoms with van der Waals surface area (Å²) in [6.07, 6.45) is 0. The fraction of sp³-hybridized carbons (Fsp3) is 0.235. The van der Waals surface area contributed by atoms with Gasteiger partial charge in [0.2, 0.25) is 0 Å². The second-order valence-corrected chi connectivity index (χ2v) is 5.73. The third-order valence-corrected chi connectivity index (χ3v) is 3.58. The van der Waals surface area contributed by atoms with Gasteiger partial charge >= 0.3 is 0 Å². The zero-order chi connectivity index (χ0) is 15.2. The van der Waals surface area contributed by atoms with Gasteiger partial charge in [-0.25, -0.2) is 0 Å². The molecule has 110 valence electrons. The summed E-state index contributed by atoms with van der Waals surface area (Å²) in [4.78, 5) is 13.1. The summed E-state index contributed by atoms with van der Waals surface area (Å²) < 4.78 is 0. The summed E-state index contributed by atoms with van der Waals surface area (Å²) >= 11 is 6.14. The molecule has 0 bridgehead atoms. The second-order valence-electron chi connectivity index (χ2n) is 5.32. The summed E-state index contributed by atoms with van der Waals surface area (Å²) in [7, 11) is 1.99. The number of halogens is 1. The highest BCUT2D eigenvalue weighted by molar-refractivity contribution is 6.31. The van der Waals surface area contributed by atoms with E-state index in [1.807, 2.05) is 62.5 Å². The zero-order valence-electron chi connectivity index (χ0n) is 12.3. The molecule has 0 heterocycles. The number of hydrogen-bond acceptors (Lipinski definition) is 1. The molecule has 1 atom stereocenters. The number of amides is 1. The van der Waals surface area contributed by atoms with E-state index in [1.165, 1.54) is 0 Å². The van der Waals surface area contributed by atoms with E-state index in [9.17, 15) is 4.79 Å². The fourth-order valence-electron chi connectivity index (χ4n) is 2.23. The first-order valence-electron chi connectivity index (χ1n) is 6.96. The van der Waals surface area contributed by atoms with Gasteiger partial charge in [-0.2, -0.15) is 0 Å². The number of carbonyl (C=O) groups is 1. The average molecular weight is 304 g/mol. The Morgan fingerprint density at radius 1 is 1.19 bits per heavy atom. The number of rotatable bonds is 5. The van der Waals surface area contributed by atoms with E-state index in [2.05, 4.69) is 5.32 Å². The standard InChI is InChI=1S/C17H19ClN2O/c1-13-6-5-8-15(10-13)19-17(21)12-20(2)11-14-7-3-4-9-16(14)18/h3-10H,11-12H2,1-2H3,(H,19,21)/p+1. The predicted molar refractivity (Wildman–Crippen MR) is 86.7 cm³/mol. The predicted octanol–water partition coefficient (Wildman–Crippen LogP) is 2.30. The SMILES string of the molecule is Cc1cccc(NC(=O)C[NH+](C)Cc2ccccc2Cl)c1. The molecule has 21 heavy (non-hydrogen) atoms. The number of quaternary nitrogens is 1. The van der Waals surface area contributed by atoms with Gasteiger partial charge in [0.25, 0.3) is 5.91 Å². The smallest absolute Gasteiger partial charge is 0.279 e. The molecular weight excluding hydrogens is 284 g/mol. The van der Waals surface area contributed by atoms with Gasteiger partial charge in [0, 0.05) is 16.3 Å². The van der Waals surface area contributed by atoms with Crippen LogP contribution in [0.5, 0.6) is 0 Å². The molecule has 0 aliphatic rings. The first-order chi connectivity index (χ1) is 10.0. The highest BCUT2D eigenvalue weighted by Crippen LogP contribution is 2.13. The Hall–Kier alpha value is -1.84. The molecule has 2 aromatic carbocycles. The average Bonchev–Trinajstić information content (AvgIpc) is 2.41. The molecule has 0 spiro atoms. The lowest BCUT2D eigenvalue weighted by Gasteiger charge is -2.14. The molecule has 1 amide bonds. The van der Waals surface area contributed by atoms with Crippen molar-refractivity contribution in [3.8, 4) is 0 Å². The van der Waals surface area contributed by atoms with Crippen molar-refractivity contribution in [3.63, 3.8) is 0 Å². The van der Waals surface area contributed by atoms with Crippen LogP contribution < -0.4 is 10.2 Å². The number of anilines is 1. The lowest BCUT2D eigenvalue weighted by Crippen LogP contribution is -3.08. The Kier molecular flexibility index (Phi) is 5.37. The van der Waals surface area contributed by atoms with Crippen molar-refractivity contribution in [2.75, 3.05) is 18.9 Å². The van der Waals surface area contributed by atoms with Crippen molar-refractivity contribution in [3.05, 3.63) is 64.7 Å². The molecule has 2 N–H and O–H groups in total. The van der Waals surface area contributed by atoms with E-state index in [4.69, 9.17) is 11.6 Å². The van der Waals surface area contributed by atoms with Gasteiger partial charge in [0.15, 0.2) is 6.54 Å². The van der Waals surface area contributed by atoms with Crippen molar-refractivity contribution in [1.82, 2.24) is 0 Å². The molecule has 1 unspecified atom stereocenters. The van der Waals surface area contributed by atoms with Crippen LogP contribution >= 0.6 is 11.6 Å². The zero-order valence-corrected chi connectivity index (χ0v) is 13.1. The first-order valence-corrected chi connectivity index (χ1v) is 7.33. The lowest BCUT2D eigenvalue weighted by molar-refractivity contribution is -0.885. The molecule has 0 saturated heterocycles. The monoisotopic (exact) mass is 303 g/mol. The highest BCUT2D eigenvalue weighted by Gasteiger charge is 2.12. The molecule has 0 radical (unpaired) electrons. The minimum Gasteiger partial charge on any atom is -0.326 e. The first kappa shape index (κ1) is 15.5. The summed E-state index contributed by atoms with van der Waals surface area (Å²) in [5.74, 6) is 0.00477. The lowest BCUT2D eigenvalue weighted by atomic mass is 10.2. The highest BCUT2D eigenvalue weighted by atomic mass is 35.5. The van der Waals surface area contributed by atoms with Gasteiger partial charge < -0.3 is 10.2 Å². The molecule has 0 aliphatic carbocycles. The molecule has 2 aromatic rings. The summed E-state index contributed by atoms with van der Waals surface area (Å²) in [5, 5.41) is 3.67. The molecule has 4 heteroatoms. The van der Waals surface area contributed by atoms with Gasteiger partial charge in [-0.3, -0.25) is 4.79 Å². The van der Waals surface area contributed by atoms with Crippen LogP contribution in [0.3, 0.4) is 0 Å². The van der Waals surface area contributed by atoms with E-state index < -0.39 is 0 Å². The maximum atomic E-state index is 12.0. The number of hydrogen-bond donors (Lipinski definition) is 2. The quantitative estimate of drug-likeness (QED) is 0.873. The van der Waals surface area contributed by atoms with Crippen molar-refractivity contribution < 1.29 is 9.69 Å². The maximum Gasteiger partial charge on any atom is 0.279 e. The van der Waals surface area contributed by atoms with Gasteiger partial charge in [-0.15, -0.1) is 0 Å². The van der Waals surface area contributed by atoms with Crippen molar-refractivity contribution in [2.45, 2.75) is 13.5 Å². The molecule has 0 aromatic heterocycles. The summed E-state index contributed by atoms with van der Waals surface area (Å²) in [6, 6.07) is 15.5. The van der Waals surface area contributed by atoms with E-state index in [1.54, 1.807) is 0 Å². The molecule has 0 saturated carbocycles. The number of likely N-dealkylation sites (N-methyl/N-ethyl adjacent to an activating group) is 1. The van der Waals surface area contributed by atoms with Crippen LogP contribution in [0.4, 0.5) is 5.69 Å². The summed E-state index contributed by atoms with van der Waals surface area (Å²) in [5.41, 5.74) is 3.02. The third kappa shape index (κ3) is 4.88. The van der Waals surface area contributed by atoms with Crippen LogP contribution in [0.2, 0.25) is 5.02 Å². The van der Waals surface area contributed by atoms with Crippen molar-refractivity contribution in [2.24, 2.45) is 0 Å². The van der Waals surface area contributed by atoms with E-state index in [-0.39, 0.29) is 5.91 Å². The van der Waals surface area contributed by atoms with Gasteiger partial charge in [0.05, 0.1) is 7.05 Å². The molecule has 0 aliphatic heterocycles. The molecule has 2 rings (SSSR count). The fourth-order valence-corrected chi connectivity index (χ4v) is 2.43. The second kappa shape index (κ2) is 7.25. The van der Waals surface area contributed by atoms with Gasteiger partial charge in [0.1, 0.15) is 6.54 Å².